The number of anilines is 2. The summed E-state index contributed by atoms with van der Waals surface area (Å²) in [6.45, 7) is 3.12. The number of halogens is 1. The third-order valence-electron chi connectivity index (χ3n) is 4.62. The van der Waals surface area contributed by atoms with E-state index in [1.807, 2.05) is 12.1 Å². The van der Waals surface area contributed by atoms with Crippen LogP contribution in [0, 0.1) is 5.92 Å². The fraction of sp³-hybridized carbons (Fsp3) is 0.533. The minimum atomic E-state index is -0.349. The number of aliphatic hydroxyl groups is 1. The predicted octanol–water partition coefficient (Wildman–Crippen LogP) is 1.76. The Morgan fingerprint density at radius 1 is 1.52 bits per heavy atom. The lowest BCUT2D eigenvalue weighted by Gasteiger charge is -2.28. The van der Waals surface area contributed by atoms with Crippen molar-refractivity contribution in [1.82, 2.24) is 5.32 Å². The van der Waals surface area contributed by atoms with Gasteiger partial charge >= 0.3 is 0 Å². The van der Waals surface area contributed by atoms with E-state index in [0.717, 1.165) is 29.9 Å². The lowest BCUT2D eigenvalue weighted by Crippen LogP contribution is -2.35. The lowest BCUT2D eigenvalue weighted by molar-refractivity contribution is -0.117. The van der Waals surface area contributed by atoms with Crippen molar-refractivity contribution in [2.24, 2.45) is 5.92 Å². The van der Waals surface area contributed by atoms with Crippen molar-refractivity contribution < 1.29 is 9.90 Å². The smallest absolute Gasteiger partial charge is 0.246 e. The van der Waals surface area contributed by atoms with Crippen LogP contribution in [0.5, 0.6) is 0 Å². The third kappa shape index (κ3) is 2.29. The van der Waals surface area contributed by atoms with E-state index in [1.54, 1.807) is 7.05 Å². The van der Waals surface area contributed by atoms with Crippen LogP contribution in [0.25, 0.3) is 0 Å². The molecule has 2 aliphatic heterocycles. The first kappa shape index (κ1) is 14.6. The molecular formula is C15H20ClN3O2. The molecule has 3 N–H and O–H groups in total. The average molecular weight is 310 g/mol. The van der Waals surface area contributed by atoms with Gasteiger partial charge < -0.3 is 20.6 Å². The van der Waals surface area contributed by atoms with Gasteiger partial charge in [0.15, 0.2) is 0 Å². The van der Waals surface area contributed by atoms with Gasteiger partial charge in [0, 0.05) is 17.8 Å². The topological polar surface area (TPSA) is 64.6 Å². The SMILES string of the molecule is CNC1C(=O)Nc2cc(N3CCC(C)C3CO)c(Cl)cc21. The summed E-state index contributed by atoms with van der Waals surface area (Å²) in [4.78, 5) is 14.1. The maximum atomic E-state index is 11.9. The van der Waals surface area contributed by atoms with Gasteiger partial charge in [-0.15, -0.1) is 0 Å². The quantitative estimate of drug-likeness (QED) is 0.796. The summed E-state index contributed by atoms with van der Waals surface area (Å²) in [6, 6.07) is 3.51. The number of likely N-dealkylation sites (N-methyl/N-ethyl adjacent to an activating group) is 1. The first-order valence-corrected chi connectivity index (χ1v) is 7.63. The zero-order valence-electron chi connectivity index (χ0n) is 12.2. The Labute approximate surface area is 129 Å². The van der Waals surface area contributed by atoms with Crippen molar-refractivity contribution >= 4 is 28.9 Å². The molecule has 3 rings (SSSR count). The van der Waals surface area contributed by atoms with Crippen molar-refractivity contribution in [3.05, 3.63) is 22.7 Å². The van der Waals surface area contributed by atoms with Crippen LogP contribution in [0.2, 0.25) is 5.02 Å². The Balaban J connectivity index is 1.99. The van der Waals surface area contributed by atoms with Gasteiger partial charge in [0.25, 0.3) is 0 Å². The van der Waals surface area contributed by atoms with Crippen LogP contribution < -0.4 is 15.5 Å². The van der Waals surface area contributed by atoms with Gasteiger partial charge in [0.05, 0.1) is 23.4 Å². The number of aliphatic hydroxyl groups excluding tert-OH is 1. The molecule has 0 saturated carbocycles. The van der Waals surface area contributed by atoms with Crippen LogP contribution in [0.1, 0.15) is 24.9 Å². The molecule has 0 bridgehead atoms. The third-order valence-corrected chi connectivity index (χ3v) is 4.92. The fourth-order valence-electron chi connectivity index (χ4n) is 3.36. The fourth-order valence-corrected chi connectivity index (χ4v) is 3.64. The van der Waals surface area contributed by atoms with Crippen molar-refractivity contribution in [3.8, 4) is 0 Å². The van der Waals surface area contributed by atoms with Gasteiger partial charge in [0.2, 0.25) is 5.91 Å². The summed E-state index contributed by atoms with van der Waals surface area (Å²) < 4.78 is 0. The van der Waals surface area contributed by atoms with Crippen LogP contribution in [-0.2, 0) is 4.79 Å². The van der Waals surface area contributed by atoms with Crippen molar-refractivity contribution in [2.45, 2.75) is 25.4 Å². The minimum Gasteiger partial charge on any atom is -0.394 e. The highest BCUT2D eigenvalue weighted by Crippen LogP contribution is 2.41. The molecule has 1 fully saturated rings. The summed E-state index contributed by atoms with van der Waals surface area (Å²) in [6.07, 6.45) is 1.03. The van der Waals surface area contributed by atoms with Crippen molar-refractivity contribution in [3.63, 3.8) is 0 Å². The number of nitrogens with one attached hydrogen (secondary N) is 2. The highest BCUT2D eigenvalue weighted by molar-refractivity contribution is 6.33. The Kier molecular flexibility index (Phi) is 3.82. The molecule has 2 aliphatic rings. The van der Waals surface area contributed by atoms with Crippen molar-refractivity contribution in [1.29, 1.82) is 0 Å². The first-order chi connectivity index (χ1) is 10.1. The van der Waals surface area contributed by atoms with Crippen molar-refractivity contribution in [2.75, 3.05) is 30.4 Å². The normalized spacial score (nSPS) is 27.9. The second kappa shape index (κ2) is 5.48. The molecule has 6 heteroatoms. The molecular weight excluding hydrogens is 290 g/mol. The molecule has 0 aromatic heterocycles. The maximum absolute atomic E-state index is 11.9. The molecule has 114 valence electrons. The van der Waals surface area contributed by atoms with Crippen LogP contribution in [0.15, 0.2) is 12.1 Å². The monoisotopic (exact) mass is 309 g/mol. The predicted molar refractivity (Wildman–Crippen MR) is 83.9 cm³/mol. The number of carbonyl (C=O) groups excluding carboxylic acids is 1. The zero-order chi connectivity index (χ0) is 15.1. The van der Waals surface area contributed by atoms with Gasteiger partial charge in [-0.05, 0) is 31.5 Å². The Hall–Kier alpha value is -1.30. The largest absolute Gasteiger partial charge is 0.394 e. The second-order valence-corrected chi connectivity index (χ2v) is 6.22. The number of amides is 1. The highest BCUT2D eigenvalue weighted by atomic mass is 35.5. The van der Waals surface area contributed by atoms with E-state index >= 15 is 0 Å². The summed E-state index contributed by atoms with van der Waals surface area (Å²) in [5.41, 5.74) is 2.56. The number of nitrogens with zero attached hydrogens (tertiary/aromatic N) is 1. The molecule has 1 amide bonds. The van der Waals surface area contributed by atoms with Gasteiger partial charge in [-0.3, -0.25) is 4.79 Å². The van der Waals surface area contributed by atoms with Crippen LogP contribution >= 0.6 is 11.6 Å². The Morgan fingerprint density at radius 3 is 2.95 bits per heavy atom. The number of hydrogen-bond donors (Lipinski definition) is 3. The minimum absolute atomic E-state index is 0.0609. The maximum Gasteiger partial charge on any atom is 0.246 e. The Morgan fingerprint density at radius 2 is 2.29 bits per heavy atom. The van der Waals surface area contributed by atoms with Crippen LogP contribution in [0.3, 0.4) is 0 Å². The highest BCUT2D eigenvalue weighted by Gasteiger charge is 2.35. The van der Waals surface area contributed by atoms with Gasteiger partial charge in [-0.2, -0.15) is 0 Å². The average Bonchev–Trinajstić information content (AvgIpc) is 2.96. The second-order valence-electron chi connectivity index (χ2n) is 5.81. The summed E-state index contributed by atoms with van der Waals surface area (Å²) in [5, 5.41) is 16.1. The van der Waals surface area contributed by atoms with Gasteiger partial charge in [-0.25, -0.2) is 0 Å². The van der Waals surface area contributed by atoms with Gasteiger partial charge in [0.1, 0.15) is 6.04 Å². The van der Waals surface area contributed by atoms with E-state index in [1.165, 1.54) is 0 Å². The zero-order valence-corrected chi connectivity index (χ0v) is 12.9. The molecule has 0 aliphatic carbocycles. The number of carbonyl (C=O) groups is 1. The molecule has 5 nitrogen and oxygen atoms in total. The van der Waals surface area contributed by atoms with E-state index in [-0.39, 0.29) is 24.6 Å². The number of fused-ring (bicyclic) bond motifs is 1. The van der Waals surface area contributed by atoms with Gasteiger partial charge in [-0.1, -0.05) is 18.5 Å². The molecule has 0 radical (unpaired) electrons. The Bertz CT molecular complexity index is 578. The molecule has 1 saturated heterocycles. The van der Waals surface area contributed by atoms with E-state index in [2.05, 4.69) is 22.5 Å². The molecule has 3 unspecified atom stereocenters. The van der Waals surface area contributed by atoms with E-state index < -0.39 is 0 Å². The molecule has 1 aromatic rings. The lowest BCUT2D eigenvalue weighted by atomic mass is 10.0. The molecule has 1 aromatic carbocycles. The standard InChI is InChI=1S/C15H20ClN3O2/c1-8-3-4-19(13(8)7-20)12-6-11-9(5-10(12)16)14(17-2)15(21)18-11/h5-6,8,13-14,17,20H,3-4,7H2,1-2H3,(H,18,21). The number of hydrogen-bond acceptors (Lipinski definition) is 4. The number of benzene rings is 1. The first-order valence-electron chi connectivity index (χ1n) is 7.26. The van der Waals surface area contributed by atoms with E-state index in [9.17, 15) is 9.90 Å². The molecule has 21 heavy (non-hydrogen) atoms. The summed E-state index contributed by atoms with van der Waals surface area (Å²) in [5.74, 6) is 0.369. The molecule has 3 atom stereocenters. The van der Waals surface area contributed by atoms with Crippen LogP contribution in [-0.4, -0.2) is 37.3 Å². The summed E-state index contributed by atoms with van der Waals surface area (Å²) >= 11 is 6.44. The number of rotatable bonds is 3. The van der Waals surface area contributed by atoms with Crippen LogP contribution in [0.4, 0.5) is 11.4 Å². The molecule has 2 heterocycles. The summed E-state index contributed by atoms with van der Waals surface area (Å²) in [7, 11) is 1.76. The van der Waals surface area contributed by atoms with E-state index in [4.69, 9.17) is 11.6 Å². The molecule has 0 spiro atoms. The van der Waals surface area contributed by atoms with E-state index in [0.29, 0.717) is 10.9 Å².